The summed E-state index contributed by atoms with van der Waals surface area (Å²) in [6, 6.07) is 9.34. The van der Waals surface area contributed by atoms with Crippen molar-refractivity contribution in [2.75, 3.05) is 25.6 Å². The quantitative estimate of drug-likeness (QED) is 0.602. The minimum atomic E-state index is -0.682. The summed E-state index contributed by atoms with van der Waals surface area (Å²) in [5.74, 6) is 0.458. The first kappa shape index (κ1) is 21.0. The van der Waals surface area contributed by atoms with E-state index in [4.69, 9.17) is 9.47 Å². The zero-order valence-corrected chi connectivity index (χ0v) is 17.5. The molecule has 1 N–H and O–H groups in total. The van der Waals surface area contributed by atoms with Gasteiger partial charge in [0.15, 0.2) is 11.5 Å². The monoisotopic (exact) mass is 426 g/mol. The zero-order chi connectivity index (χ0) is 21.8. The third kappa shape index (κ3) is 4.91. The fourth-order valence-corrected chi connectivity index (χ4v) is 3.62. The highest BCUT2D eigenvalue weighted by Gasteiger charge is 2.19. The maximum Gasteiger partial charge on any atom is 0.227 e. The lowest BCUT2D eigenvalue weighted by Gasteiger charge is -2.28. The van der Waals surface area contributed by atoms with E-state index in [0.29, 0.717) is 12.6 Å². The lowest BCUT2D eigenvalue weighted by Crippen LogP contribution is -2.31. The van der Waals surface area contributed by atoms with Crippen LogP contribution in [0.3, 0.4) is 0 Å². The molecule has 1 aliphatic heterocycles. The second kappa shape index (κ2) is 9.26. The van der Waals surface area contributed by atoms with Crippen LogP contribution in [-0.2, 0) is 19.5 Å². The first-order chi connectivity index (χ1) is 15.1. The number of benzene rings is 2. The highest BCUT2D eigenvalue weighted by Crippen LogP contribution is 2.29. The van der Waals surface area contributed by atoms with Crippen LogP contribution in [0.4, 0.5) is 20.4 Å². The van der Waals surface area contributed by atoms with Gasteiger partial charge in [0.2, 0.25) is 5.95 Å². The second-order valence-electron chi connectivity index (χ2n) is 7.29. The number of aromatic nitrogens is 2. The molecule has 0 spiro atoms. The van der Waals surface area contributed by atoms with Crippen LogP contribution in [0.25, 0.3) is 0 Å². The van der Waals surface area contributed by atoms with Gasteiger partial charge in [-0.1, -0.05) is 6.07 Å². The lowest BCUT2D eigenvalue weighted by molar-refractivity contribution is 0.242. The summed E-state index contributed by atoms with van der Waals surface area (Å²) in [6.07, 6.45) is 2.52. The predicted molar refractivity (Wildman–Crippen MR) is 114 cm³/mol. The van der Waals surface area contributed by atoms with Gasteiger partial charge in [-0.2, -0.15) is 0 Å². The highest BCUT2D eigenvalue weighted by atomic mass is 19.1. The summed E-state index contributed by atoms with van der Waals surface area (Å²) in [5.41, 5.74) is 3.24. The largest absolute Gasteiger partial charge is 0.493 e. The molecule has 0 bridgehead atoms. The topological polar surface area (TPSA) is 59.5 Å². The third-order valence-electron chi connectivity index (χ3n) is 5.12. The number of halogens is 2. The van der Waals surface area contributed by atoms with Gasteiger partial charge in [0.05, 0.1) is 25.1 Å². The first-order valence-corrected chi connectivity index (χ1v) is 10.1. The molecule has 0 aliphatic carbocycles. The van der Waals surface area contributed by atoms with Gasteiger partial charge in [-0.05, 0) is 36.8 Å². The average molecular weight is 426 g/mol. The lowest BCUT2D eigenvalue weighted by atomic mass is 10.1. The molecule has 3 aromatic rings. The Balaban J connectivity index is 1.43. The smallest absolute Gasteiger partial charge is 0.227 e. The number of hydrogen-bond acceptors (Lipinski definition) is 6. The van der Waals surface area contributed by atoms with Gasteiger partial charge < -0.3 is 14.8 Å². The van der Waals surface area contributed by atoms with Crippen LogP contribution in [0.1, 0.15) is 23.7 Å². The van der Waals surface area contributed by atoms with E-state index in [-0.39, 0.29) is 5.69 Å². The second-order valence-corrected chi connectivity index (χ2v) is 7.29. The Kier molecular flexibility index (Phi) is 6.27. The molecule has 2 aromatic carbocycles. The molecule has 0 atom stereocenters. The van der Waals surface area contributed by atoms with Gasteiger partial charge >= 0.3 is 0 Å². The number of anilines is 2. The summed E-state index contributed by atoms with van der Waals surface area (Å²) in [7, 11) is 1.64. The molecule has 6 nitrogen and oxygen atoms in total. The van der Waals surface area contributed by atoms with Gasteiger partial charge in [-0.15, -0.1) is 0 Å². The number of nitrogens with zero attached hydrogens (tertiary/aromatic N) is 3. The predicted octanol–water partition coefficient (Wildman–Crippen LogP) is 4.46. The Hall–Kier alpha value is -3.26. The van der Waals surface area contributed by atoms with Crippen LogP contribution in [0.15, 0.2) is 42.6 Å². The van der Waals surface area contributed by atoms with Crippen molar-refractivity contribution in [2.24, 2.45) is 0 Å². The minimum absolute atomic E-state index is 0.142. The van der Waals surface area contributed by atoms with Crippen molar-refractivity contribution >= 4 is 11.6 Å². The van der Waals surface area contributed by atoms with E-state index >= 15 is 0 Å². The molecular weight excluding hydrogens is 402 g/mol. The zero-order valence-electron chi connectivity index (χ0n) is 17.5. The molecule has 0 saturated carbocycles. The van der Waals surface area contributed by atoms with Crippen LogP contribution in [0.2, 0.25) is 0 Å². The van der Waals surface area contributed by atoms with Gasteiger partial charge in [0.25, 0.3) is 0 Å². The van der Waals surface area contributed by atoms with Crippen LogP contribution in [0.5, 0.6) is 11.5 Å². The standard InChI is InChI=1S/C23H24F2N4O2/c1-3-31-21-7-4-15(10-22(21)30-2)13-29-9-8-19-16(14-29)12-26-23(27-19)28-20-6-5-17(24)11-18(20)25/h4-7,10-12H,3,8-9,13-14H2,1-2H3,(H,26,27,28). The van der Waals surface area contributed by atoms with Crippen LogP contribution in [-0.4, -0.2) is 35.1 Å². The Morgan fingerprint density at radius 2 is 2.00 bits per heavy atom. The van der Waals surface area contributed by atoms with Crippen LogP contribution in [0, 0.1) is 11.6 Å². The van der Waals surface area contributed by atoms with Crippen molar-refractivity contribution in [3.8, 4) is 11.5 Å². The number of fused-ring (bicyclic) bond motifs is 1. The third-order valence-corrected chi connectivity index (χ3v) is 5.12. The summed E-state index contributed by atoms with van der Waals surface area (Å²) >= 11 is 0. The first-order valence-electron chi connectivity index (χ1n) is 10.1. The van der Waals surface area contributed by atoms with Crippen molar-refractivity contribution in [1.82, 2.24) is 14.9 Å². The van der Waals surface area contributed by atoms with Crippen LogP contribution >= 0.6 is 0 Å². The van der Waals surface area contributed by atoms with Gasteiger partial charge in [0.1, 0.15) is 11.6 Å². The van der Waals surface area contributed by atoms with Gasteiger partial charge in [-0.25, -0.2) is 18.7 Å². The van der Waals surface area contributed by atoms with E-state index in [9.17, 15) is 8.78 Å². The van der Waals surface area contributed by atoms with Crippen molar-refractivity contribution in [1.29, 1.82) is 0 Å². The van der Waals surface area contributed by atoms with E-state index in [1.54, 1.807) is 13.3 Å². The molecule has 0 radical (unpaired) electrons. The molecule has 1 aliphatic rings. The summed E-state index contributed by atoms with van der Waals surface area (Å²) in [4.78, 5) is 11.1. The van der Waals surface area contributed by atoms with E-state index in [2.05, 4.69) is 20.2 Å². The van der Waals surface area contributed by atoms with Crippen LogP contribution < -0.4 is 14.8 Å². The molecule has 162 valence electrons. The number of methoxy groups -OCH3 is 1. The van der Waals surface area contributed by atoms with E-state index in [0.717, 1.165) is 60.4 Å². The minimum Gasteiger partial charge on any atom is -0.493 e. The Labute approximate surface area is 179 Å². The fourth-order valence-electron chi connectivity index (χ4n) is 3.62. The summed E-state index contributed by atoms with van der Waals surface area (Å²) in [5, 5.41) is 2.83. The number of ether oxygens (including phenoxy) is 2. The molecular formula is C23H24F2N4O2. The van der Waals surface area contributed by atoms with E-state index < -0.39 is 11.6 Å². The van der Waals surface area contributed by atoms with Crippen molar-refractivity contribution in [3.63, 3.8) is 0 Å². The maximum absolute atomic E-state index is 13.9. The molecule has 0 amide bonds. The van der Waals surface area contributed by atoms with E-state index in [1.807, 2.05) is 25.1 Å². The molecule has 31 heavy (non-hydrogen) atoms. The fraction of sp³-hybridized carbons (Fsp3) is 0.304. The Bertz CT molecular complexity index is 1080. The van der Waals surface area contributed by atoms with Gasteiger partial charge in [0, 0.05) is 43.9 Å². The summed E-state index contributed by atoms with van der Waals surface area (Å²) in [6.45, 7) is 4.85. The Morgan fingerprint density at radius 1 is 1.13 bits per heavy atom. The average Bonchev–Trinajstić information content (AvgIpc) is 2.77. The van der Waals surface area contributed by atoms with Crippen molar-refractivity contribution in [3.05, 3.63) is 71.1 Å². The number of nitrogens with one attached hydrogen (secondary N) is 1. The summed E-state index contributed by atoms with van der Waals surface area (Å²) < 4.78 is 38.0. The van der Waals surface area contributed by atoms with Crippen molar-refractivity contribution in [2.45, 2.75) is 26.4 Å². The number of hydrogen-bond donors (Lipinski definition) is 1. The normalized spacial score (nSPS) is 13.5. The molecule has 8 heteroatoms. The van der Waals surface area contributed by atoms with Crippen molar-refractivity contribution < 1.29 is 18.3 Å². The molecule has 0 fully saturated rings. The molecule has 4 rings (SSSR count). The maximum atomic E-state index is 13.9. The molecule has 0 unspecified atom stereocenters. The van der Waals surface area contributed by atoms with Gasteiger partial charge in [-0.3, -0.25) is 4.90 Å². The highest BCUT2D eigenvalue weighted by molar-refractivity contribution is 5.54. The number of rotatable bonds is 7. The molecule has 2 heterocycles. The Morgan fingerprint density at radius 3 is 2.77 bits per heavy atom. The molecule has 0 saturated heterocycles. The SMILES string of the molecule is CCOc1ccc(CN2CCc3nc(Nc4ccc(F)cc4F)ncc3C2)cc1OC. The van der Waals surface area contributed by atoms with E-state index in [1.165, 1.54) is 12.1 Å². The molecule has 1 aromatic heterocycles.